The average Bonchev–Trinajstić information content (AvgIpc) is 2.29. The molecule has 0 bridgehead atoms. The maximum atomic E-state index is 6.02. The van der Waals surface area contributed by atoms with E-state index >= 15 is 0 Å². The summed E-state index contributed by atoms with van der Waals surface area (Å²) in [5, 5.41) is 3.59. The van der Waals surface area contributed by atoms with Gasteiger partial charge in [-0.05, 0) is 33.2 Å². The third kappa shape index (κ3) is 3.43. The summed E-state index contributed by atoms with van der Waals surface area (Å²) in [5.74, 6) is 0.669. The maximum absolute atomic E-state index is 6.02. The largest absolute Gasteiger partial charge is 0.362 e. The summed E-state index contributed by atoms with van der Waals surface area (Å²) in [4.78, 5) is 2.58. The molecule has 100 valence electrons. The highest BCUT2D eigenvalue weighted by molar-refractivity contribution is 4.85. The van der Waals surface area contributed by atoms with Gasteiger partial charge in [0.1, 0.15) is 6.23 Å². The van der Waals surface area contributed by atoms with Crippen LogP contribution in [-0.2, 0) is 4.74 Å². The monoisotopic (exact) mass is 240 g/mol. The summed E-state index contributed by atoms with van der Waals surface area (Å²) < 4.78 is 6.02. The Labute approximate surface area is 106 Å². The molecule has 0 aromatic heterocycles. The zero-order valence-electron chi connectivity index (χ0n) is 11.8. The molecule has 2 aliphatic heterocycles. The second-order valence-corrected chi connectivity index (χ2v) is 6.77. The van der Waals surface area contributed by atoms with E-state index in [4.69, 9.17) is 4.74 Å². The molecule has 0 radical (unpaired) electrons. The minimum atomic E-state index is 0.282. The standard InChI is InChI=1S/C14H28N2O/c1-11(2)16-7-5-6-12(8-16)13-15-9-14(3,4)10-17-13/h11-13,15H,5-10H2,1-4H3. The zero-order chi connectivity index (χ0) is 12.5. The van der Waals surface area contributed by atoms with Gasteiger partial charge in [0.15, 0.2) is 0 Å². The van der Waals surface area contributed by atoms with E-state index < -0.39 is 0 Å². The lowest BCUT2D eigenvalue weighted by molar-refractivity contribution is -0.0986. The molecule has 2 aliphatic rings. The van der Waals surface area contributed by atoms with Crippen molar-refractivity contribution in [3.05, 3.63) is 0 Å². The Kier molecular flexibility index (Phi) is 4.11. The molecule has 3 heteroatoms. The Morgan fingerprint density at radius 3 is 2.71 bits per heavy atom. The molecular weight excluding hydrogens is 212 g/mol. The van der Waals surface area contributed by atoms with Crippen molar-refractivity contribution in [2.24, 2.45) is 11.3 Å². The quantitative estimate of drug-likeness (QED) is 0.800. The molecule has 0 saturated carbocycles. The highest BCUT2D eigenvalue weighted by atomic mass is 16.5. The van der Waals surface area contributed by atoms with Crippen molar-refractivity contribution < 1.29 is 4.74 Å². The number of nitrogens with one attached hydrogen (secondary N) is 1. The van der Waals surface area contributed by atoms with Gasteiger partial charge >= 0.3 is 0 Å². The van der Waals surface area contributed by atoms with Crippen molar-refractivity contribution in [2.45, 2.75) is 52.8 Å². The van der Waals surface area contributed by atoms with E-state index in [2.05, 4.69) is 37.9 Å². The summed E-state index contributed by atoms with van der Waals surface area (Å²) in [5.41, 5.74) is 0.295. The minimum Gasteiger partial charge on any atom is -0.362 e. The molecule has 0 aromatic rings. The zero-order valence-corrected chi connectivity index (χ0v) is 11.8. The summed E-state index contributed by atoms with van der Waals surface area (Å²) in [6, 6.07) is 0.665. The third-order valence-electron chi connectivity index (χ3n) is 4.08. The minimum absolute atomic E-state index is 0.282. The number of rotatable bonds is 2. The fourth-order valence-electron chi connectivity index (χ4n) is 2.86. The van der Waals surface area contributed by atoms with Gasteiger partial charge in [-0.15, -0.1) is 0 Å². The smallest absolute Gasteiger partial charge is 0.112 e. The van der Waals surface area contributed by atoms with Crippen LogP contribution in [0.5, 0.6) is 0 Å². The number of hydrogen-bond donors (Lipinski definition) is 1. The fourth-order valence-corrected chi connectivity index (χ4v) is 2.86. The average molecular weight is 240 g/mol. The molecule has 2 atom stereocenters. The number of ether oxygens (including phenoxy) is 1. The number of nitrogens with zero attached hydrogens (tertiary/aromatic N) is 1. The van der Waals surface area contributed by atoms with Crippen LogP contribution in [0.15, 0.2) is 0 Å². The van der Waals surface area contributed by atoms with E-state index in [9.17, 15) is 0 Å². The van der Waals surface area contributed by atoms with Gasteiger partial charge in [-0.25, -0.2) is 0 Å². The predicted molar refractivity (Wildman–Crippen MR) is 71.0 cm³/mol. The molecule has 2 saturated heterocycles. The van der Waals surface area contributed by atoms with Gasteiger partial charge in [0.05, 0.1) is 6.61 Å². The highest BCUT2D eigenvalue weighted by Gasteiger charge is 2.34. The molecule has 2 unspecified atom stereocenters. The SMILES string of the molecule is CC(C)N1CCCC(C2NCC(C)(C)CO2)C1. The first kappa shape index (κ1) is 13.3. The van der Waals surface area contributed by atoms with E-state index in [1.165, 1.54) is 25.9 Å². The fraction of sp³-hybridized carbons (Fsp3) is 1.00. The molecule has 3 nitrogen and oxygen atoms in total. The Morgan fingerprint density at radius 2 is 2.12 bits per heavy atom. The normalized spacial score (nSPS) is 35.1. The lowest BCUT2D eigenvalue weighted by atomic mass is 9.90. The molecule has 2 heterocycles. The van der Waals surface area contributed by atoms with Crippen LogP contribution >= 0.6 is 0 Å². The topological polar surface area (TPSA) is 24.5 Å². The molecule has 1 N–H and O–H groups in total. The van der Waals surface area contributed by atoms with Gasteiger partial charge in [0.2, 0.25) is 0 Å². The third-order valence-corrected chi connectivity index (χ3v) is 4.08. The lowest BCUT2D eigenvalue weighted by Crippen LogP contribution is -2.54. The summed E-state index contributed by atoms with van der Waals surface area (Å²) in [6.07, 6.45) is 2.90. The van der Waals surface area contributed by atoms with E-state index in [1.807, 2.05) is 0 Å². The van der Waals surface area contributed by atoms with Crippen LogP contribution in [0, 0.1) is 11.3 Å². The van der Waals surface area contributed by atoms with Crippen LogP contribution in [0.1, 0.15) is 40.5 Å². The van der Waals surface area contributed by atoms with Gasteiger partial charge in [-0.2, -0.15) is 0 Å². The highest BCUT2D eigenvalue weighted by Crippen LogP contribution is 2.27. The molecule has 0 spiro atoms. The Balaban J connectivity index is 1.86. The molecule has 0 amide bonds. The summed E-state index contributed by atoms with van der Waals surface area (Å²) in [7, 11) is 0. The first-order chi connectivity index (χ1) is 7.98. The van der Waals surface area contributed by atoms with E-state index in [0.717, 1.165) is 13.2 Å². The van der Waals surface area contributed by atoms with Crippen LogP contribution in [0.3, 0.4) is 0 Å². The van der Waals surface area contributed by atoms with Crippen molar-refractivity contribution in [3.63, 3.8) is 0 Å². The molecule has 2 rings (SSSR count). The van der Waals surface area contributed by atoms with Crippen LogP contribution in [0.2, 0.25) is 0 Å². The number of likely N-dealkylation sites (tertiary alicyclic amines) is 1. The first-order valence-electron chi connectivity index (χ1n) is 7.07. The van der Waals surface area contributed by atoms with Crippen molar-refractivity contribution in [1.29, 1.82) is 0 Å². The van der Waals surface area contributed by atoms with Crippen molar-refractivity contribution >= 4 is 0 Å². The van der Waals surface area contributed by atoms with Gasteiger partial charge in [-0.3, -0.25) is 5.32 Å². The summed E-state index contributed by atoms with van der Waals surface area (Å²) in [6.45, 7) is 13.5. The first-order valence-corrected chi connectivity index (χ1v) is 7.07. The van der Waals surface area contributed by atoms with E-state index in [0.29, 0.717) is 17.4 Å². The Bertz CT molecular complexity index is 243. The molecule has 0 aromatic carbocycles. The number of piperidine rings is 1. The van der Waals surface area contributed by atoms with Crippen LogP contribution < -0.4 is 5.32 Å². The van der Waals surface area contributed by atoms with Gasteiger partial charge in [0, 0.05) is 30.5 Å². The van der Waals surface area contributed by atoms with Gasteiger partial charge in [-0.1, -0.05) is 13.8 Å². The van der Waals surface area contributed by atoms with Crippen LogP contribution in [0.4, 0.5) is 0 Å². The molecule has 17 heavy (non-hydrogen) atoms. The molecule has 0 aliphatic carbocycles. The van der Waals surface area contributed by atoms with Crippen LogP contribution in [0.25, 0.3) is 0 Å². The van der Waals surface area contributed by atoms with Crippen LogP contribution in [-0.4, -0.2) is 43.4 Å². The second-order valence-electron chi connectivity index (χ2n) is 6.77. The summed E-state index contributed by atoms with van der Waals surface area (Å²) >= 11 is 0. The predicted octanol–water partition coefficient (Wildman–Crippen LogP) is 2.08. The van der Waals surface area contributed by atoms with Crippen molar-refractivity contribution in [2.75, 3.05) is 26.2 Å². The molecular formula is C14H28N2O. The second kappa shape index (κ2) is 5.25. The van der Waals surface area contributed by atoms with E-state index in [1.54, 1.807) is 0 Å². The van der Waals surface area contributed by atoms with Crippen molar-refractivity contribution in [1.82, 2.24) is 10.2 Å². The van der Waals surface area contributed by atoms with Crippen molar-refractivity contribution in [3.8, 4) is 0 Å². The van der Waals surface area contributed by atoms with E-state index in [-0.39, 0.29) is 6.23 Å². The molecule has 2 fully saturated rings. The van der Waals surface area contributed by atoms with Gasteiger partial charge < -0.3 is 9.64 Å². The Morgan fingerprint density at radius 1 is 1.35 bits per heavy atom. The number of hydrogen-bond acceptors (Lipinski definition) is 3. The van der Waals surface area contributed by atoms with Gasteiger partial charge in [0.25, 0.3) is 0 Å². The lowest BCUT2D eigenvalue weighted by Gasteiger charge is -2.43. The Hall–Kier alpha value is -0.120. The maximum Gasteiger partial charge on any atom is 0.112 e.